The third kappa shape index (κ3) is 3.91. The first-order valence-corrected chi connectivity index (χ1v) is 6.95. The summed E-state index contributed by atoms with van der Waals surface area (Å²) in [6.07, 6.45) is 0. The highest BCUT2D eigenvalue weighted by atomic mass is 79.9. The molecule has 5 nitrogen and oxygen atoms in total. The summed E-state index contributed by atoms with van der Waals surface area (Å²) in [5, 5.41) is 7.71. The van der Waals surface area contributed by atoms with Gasteiger partial charge in [-0.3, -0.25) is 0 Å². The van der Waals surface area contributed by atoms with Crippen molar-refractivity contribution < 1.29 is 17.5 Å². The fourth-order valence-electron chi connectivity index (χ4n) is 1.27. The second-order valence-electron chi connectivity index (χ2n) is 3.23. The van der Waals surface area contributed by atoms with Crippen molar-refractivity contribution in [3.05, 3.63) is 22.4 Å². The third-order valence-corrected chi connectivity index (χ3v) is 3.36. The number of hydrogen-bond donors (Lipinski definition) is 2. The number of ether oxygens (including phenoxy) is 1. The van der Waals surface area contributed by atoms with Gasteiger partial charge in [-0.2, -0.15) is 0 Å². The van der Waals surface area contributed by atoms with Crippen molar-refractivity contribution >= 4 is 31.6 Å². The van der Waals surface area contributed by atoms with Gasteiger partial charge in [0.1, 0.15) is 10.7 Å². The smallest absolute Gasteiger partial charge is 0.243 e. The van der Waals surface area contributed by atoms with Crippen LogP contribution in [0, 0.1) is 5.82 Å². The van der Waals surface area contributed by atoms with Gasteiger partial charge in [0.25, 0.3) is 0 Å². The number of primary sulfonamides is 1. The lowest BCUT2D eigenvalue weighted by atomic mass is 10.3. The zero-order valence-electron chi connectivity index (χ0n) is 9.04. The average molecular weight is 327 g/mol. The van der Waals surface area contributed by atoms with Crippen LogP contribution in [0.25, 0.3) is 0 Å². The molecule has 0 unspecified atom stereocenters. The van der Waals surface area contributed by atoms with Crippen molar-refractivity contribution in [2.45, 2.75) is 4.90 Å². The minimum atomic E-state index is -4.12. The Balaban J connectivity index is 3.17. The average Bonchev–Trinajstić information content (AvgIpc) is 2.14. The van der Waals surface area contributed by atoms with E-state index in [4.69, 9.17) is 9.88 Å². The van der Waals surface area contributed by atoms with Crippen LogP contribution in [0.3, 0.4) is 0 Å². The summed E-state index contributed by atoms with van der Waals surface area (Å²) in [6, 6.07) is 2.49. The highest BCUT2D eigenvalue weighted by Gasteiger charge is 2.20. The normalized spacial score (nSPS) is 11.5. The molecule has 8 heteroatoms. The van der Waals surface area contributed by atoms with E-state index in [1.165, 1.54) is 13.2 Å². The summed E-state index contributed by atoms with van der Waals surface area (Å²) in [5.41, 5.74) is 0.108. The Bertz CT molecular complexity index is 507. The van der Waals surface area contributed by atoms with E-state index in [0.29, 0.717) is 17.6 Å². The summed E-state index contributed by atoms with van der Waals surface area (Å²) in [5.74, 6) is -0.901. The minimum absolute atomic E-state index is 0.108. The number of hydrogen-bond acceptors (Lipinski definition) is 4. The predicted octanol–water partition coefficient (Wildman–Crippen LogP) is 1.29. The number of methoxy groups -OCH3 is 1. The van der Waals surface area contributed by atoms with Crippen LogP contribution in [0.15, 0.2) is 21.5 Å². The quantitative estimate of drug-likeness (QED) is 0.799. The Morgan fingerprint density at radius 1 is 1.53 bits per heavy atom. The Labute approximate surface area is 107 Å². The number of halogens is 2. The maximum Gasteiger partial charge on any atom is 0.243 e. The van der Waals surface area contributed by atoms with Gasteiger partial charge >= 0.3 is 0 Å². The lowest BCUT2D eigenvalue weighted by molar-refractivity contribution is 0.210. The van der Waals surface area contributed by atoms with Crippen molar-refractivity contribution in [1.29, 1.82) is 0 Å². The van der Waals surface area contributed by atoms with Gasteiger partial charge in [-0.1, -0.05) is 15.9 Å². The molecule has 0 atom stereocenters. The molecule has 96 valence electrons. The van der Waals surface area contributed by atoms with Crippen molar-refractivity contribution in [2.24, 2.45) is 5.14 Å². The van der Waals surface area contributed by atoms with Crippen molar-refractivity contribution in [2.75, 3.05) is 25.6 Å². The first-order chi connectivity index (χ1) is 7.86. The van der Waals surface area contributed by atoms with Gasteiger partial charge in [0.15, 0.2) is 0 Å². The van der Waals surface area contributed by atoms with Crippen LogP contribution in [0.4, 0.5) is 10.1 Å². The zero-order chi connectivity index (χ0) is 13.1. The molecule has 0 fully saturated rings. The summed E-state index contributed by atoms with van der Waals surface area (Å²) in [6.45, 7) is 0.701. The molecule has 0 aliphatic carbocycles. The fraction of sp³-hybridized carbons (Fsp3) is 0.333. The number of nitrogens with one attached hydrogen (secondary N) is 1. The summed E-state index contributed by atoms with van der Waals surface area (Å²) < 4.78 is 41.3. The minimum Gasteiger partial charge on any atom is -0.383 e. The van der Waals surface area contributed by atoms with E-state index in [1.807, 2.05) is 0 Å². The number of anilines is 1. The largest absolute Gasteiger partial charge is 0.383 e. The van der Waals surface area contributed by atoms with Crippen molar-refractivity contribution in [3.63, 3.8) is 0 Å². The molecular weight excluding hydrogens is 315 g/mol. The van der Waals surface area contributed by atoms with Gasteiger partial charge in [-0.25, -0.2) is 17.9 Å². The molecule has 1 aromatic rings. The van der Waals surface area contributed by atoms with Crippen molar-refractivity contribution in [3.8, 4) is 0 Å². The highest BCUT2D eigenvalue weighted by Crippen LogP contribution is 2.27. The predicted molar refractivity (Wildman–Crippen MR) is 65.8 cm³/mol. The third-order valence-electron chi connectivity index (χ3n) is 1.91. The molecular formula is C9H12BrFN2O3S. The van der Waals surface area contributed by atoms with Gasteiger partial charge in [0.05, 0.1) is 12.3 Å². The van der Waals surface area contributed by atoms with Crippen molar-refractivity contribution in [1.82, 2.24) is 0 Å². The molecule has 0 aliphatic rings. The molecule has 0 aromatic heterocycles. The molecule has 0 saturated carbocycles. The number of rotatable bonds is 5. The number of nitrogens with two attached hydrogens (primary N) is 1. The number of sulfonamides is 1. The zero-order valence-corrected chi connectivity index (χ0v) is 11.4. The van der Waals surface area contributed by atoms with Crippen LogP contribution in [0.1, 0.15) is 0 Å². The van der Waals surface area contributed by atoms with Gasteiger partial charge < -0.3 is 10.1 Å². The van der Waals surface area contributed by atoms with Crippen LogP contribution < -0.4 is 10.5 Å². The fourth-order valence-corrected chi connectivity index (χ4v) is 2.47. The maximum atomic E-state index is 13.6. The molecule has 0 aliphatic heterocycles. The van der Waals surface area contributed by atoms with Crippen LogP contribution in [0.5, 0.6) is 0 Å². The van der Waals surface area contributed by atoms with Crippen LogP contribution in [0.2, 0.25) is 0 Å². The van der Waals surface area contributed by atoms with Gasteiger partial charge in [-0.05, 0) is 12.1 Å². The first-order valence-electron chi connectivity index (χ1n) is 4.61. The number of benzene rings is 1. The molecule has 3 N–H and O–H groups in total. The first kappa shape index (κ1) is 14.4. The molecule has 0 spiro atoms. The Hall–Kier alpha value is -0.700. The SMILES string of the molecule is COCCNc1cc(Br)cc(F)c1S(N)(=O)=O. The monoisotopic (exact) mass is 326 g/mol. The van der Waals surface area contributed by atoms with E-state index < -0.39 is 20.7 Å². The molecule has 0 heterocycles. The van der Waals surface area contributed by atoms with Crippen LogP contribution in [-0.4, -0.2) is 28.7 Å². The second kappa shape index (κ2) is 5.76. The van der Waals surface area contributed by atoms with Gasteiger partial charge in [-0.15, -0.1) is 0 Å². The van der Waals surface area contributed by atoms with Crippen LogP contribution >= 0.6 is 15.9 Å². The summed E-state index contributed by atoms with van der Waals surface area (Å²) in [7, 11) is -2.61. The van der Waals surface area contributed by atoms with E-state index in [1.54, 1.807) is 0 Å². The Kier molecular flexibility index (Phi) is 4.87. The molecule has 0 saturated heterocycles. The maximum absolute atomic E-state index is 13.6. The van der Waals surface area contributed by atoms with Gasteiger partial charge in [0.2, 0.25) is 10.0 Å². The second-order valence-corrected chi connectivity index (χ2v) is 5.64. The van der Waals surface area contributed by atoms with Crippen LogP contribution in [-0.2, 0) is 14.8 Å². The standard InChI is InChI=1S/C9H12BrFN2O3S/c1-16-3-2-13-8-5-6(10)4-7(11)9(8)17(12,14)15/h4-5,13H,2-3H2,1H3,(H2,12,14,15). The molecule has 17 heavy (non-hydrogen) atoms. The lowest BCUT2D eigenvalue weighted by Crippen LogP contribution is -2.18. The molecule has 1 aromatic carbocycles. The van der Waals surface area contributed by atoms with E-state index in [0.717, 1.165) is 6.07 Å². The Morgan fingerprint density at radius 2 is 2.18 bits per heavy atom. The lowest BCUT2D eigenvalue weighted by Gasteiger charge is -2.11. The topological polar surface area (TPSA) is 81.4 Å². The highest BCUT2D eigenvalue weighted by molar-refractivity contribution is 9.10. The van der Waals surface area contributed by atoms with Gasteiger partial charge in [0, 0.05) is 18.1 Å². The molecule has 0 bridgehead atoms. The Morgan fingerprint density at radius 3 is 2.71 bits per heavy atom. The molecule has 0 amide bonds. The van der Waals surface area contributed by atoms with E-state index >= 15 is 0 Å². The molecule has 1 rings (SSSR count). The van der Waals surface area contributed by atoms with E-state index in [2.05, 4.69) is 21.2 Å². The summed E-state index contributed by atoms with van der Waals surface area (Å²) in [4.78, 5) is -0.545. The molecule has 0 radical (unpaired) electrons. The van der Waals surface area contributed by atoms with E-state index in [-0.39, 0.29) is 5.69 Å². The van der Waals surface area contributed by atoms with E-state index in [9.17, 15) is 12.8 Å². The summed E-state index contributed by atoms with van der Waals surface area (Å²) >= 11 is 3.08.